The Labute approximate surface area is 230 Å². The molecule has 0 saturated carbocycles. The molecule has 1 fully saturated rings. The molecule has 1 unspecified atom stereocenters. The lowest BCUT2D eigenvalue weighted by molar-refractivity contribution is 0.0979. The number of sulfonamides is 1. The number of aromatic nitrogens is 1. The fourth-order valence-corrected chi connectivity index (χ4v) is 8.76. The highest BCUT2D eigenvalue weighted by Gasteiger charge is 2.28. The van der Waals surface area contributed by atoms with Crippen LogP contribution in [0.15, 0.2) is 53.4 Å². The van der Waals surface area contributed by atoms with Gasteiger partial charge in [0.15, 0.2) is 0 Å². The zero-order valence-corrected chi connectivity index (χ0v) is 23.6. The van der Waals surface area contributed by atoms with E-state index in [-0.39, 0.29) is 16.9 Å². The number of amides is 1. The van der Waals surface area contributed by atoms with Crippen LogP contribution >= 0.6 is 22.7 Å². The molecule has 7 nitrogen and oxygen atoms in total. The summed E-state index contributed by atoms with van der Waals surface area (Å²) in [6.45, 7) is 0.998. The molecule has 38 heavy (non-hydrogen) atoms. The van der Waals surface area contributed by atoms with Crippen molar-refractivity contribution < 1.29 is 17.9 Å². The number of nitrogens with zero attached hydrogens (tertiary/aromatic N) is 2. The fourth-order valence-electron chi connectivity index (χ4n) is 5.17. The number of hydrogen-bond acceptors (Lipinski definition) is 7. The number of para-hydroxylation sites is 1. The Morgan fingerprint density at radius 2 is 1.87 bits per heavy atom. The number of thiazole rings is 1. The van der Waals surface area contributed by atoms with E-state index < -0.39 is 10.0 Å². The minimum atomic E-state index is -3.67. The number of likely N-dealkylation sites (N-methyl/N-ethyl adjacent to an activating group) is 1. The van der Waals surface area contributed by atoms with E-state index in [0.29, 0.717) is 18.7 Å². The van der Waals surface area contributed by atoms with Gasteiger partial charge in [0.1, 0.15) is 10.0 Å². The van der Waals surface area contributed by atoms with Gasteiger partial charge in [0, 0.05) is 36.2 Å². The fraction of sp³-hybridized carbons (Fsp3) is 0.357. The molecule has 1 atom stereocenters. The maximum absolute atomic E-state index is 13.3. The Morgan fingerprint density at radius 3 is 2.63 bits per heavy atom. The number of benzene rings is 2. The lowest BCUT2D eigenvalue weighted by Crippen LogP contribution is -2.34. The highest BCUT2D eigenvalue weighted by molar-refractivity contribution is 7.89. The van der Waals surface area contributed by atoms with Crippen LogP contribution in [-0.4, -0.2) is 49.9 Å². The summed E-state index contributed by atoms with van der Waals surface area (Å²) in [7, 11) is -2.10. The van der Waals surface area contributed by atoms with Crippen LogP contribution in [0.25, 0.3) is 20.8 Å². The maximum Gasteiger partial charge on any atom is 0.256 e. The number of carbonyl (C=O) groups is 1. The summed E-state index contributed by atoms with van der Waals surface area (Å²) < 4.78 is 34.1. The van der Waals surface area contributed by atoms with Crippen molar-refractivity contribution in [3.05, 3.63) is 64.5 Å². The molecule has 0 radical (unpaired) electrons. The summed E-state index contributed by atoms with van der Waals surface area (Å²) in [6.07, 6.45) is 6.03. The first kappa shape index (κ1) is 25.6. The van der Waals surface area contributed by atoms with E-state index in [1.54, 1.807) is 41.9 Å². The highest BCUT2D eigenvalue weighted by Crippen LogP contribution is 2.46. The number of anilines is 1. The lowest BCUT2D eigenvalue weighted by atomic mass is 9.95. The number of hydrogen-bond donors (Lipinski definition) is 1. The molecule has 1 aliphatic carbocycles. The quantitative estimate of drug-likeness (QED) is 0.298. The van der Waals surface area contributed by atoms with Crippen LogP contribution in [0.3, 0.4) is 0 Å². The smallest absolute Gasteiger partial charge is 0.256 e. The van der Waals surface area contributed by atoms with Crippen LogP contribution in [0.1, 0.15) is 46.5 Å². The molecule has 2 aromatic carbocycles. The predicted molar refractivity (Wildman–Crippen MR) is 153 cm³/mol. The summed E-state index contributed by atoms with van der Waals surface area (Å²) in [4.78, 5) is 19.7. The maximum atomic E-state index is 13.3. The number of ether oxygens (including phenoxy) is 1. The topological polar surface area (TPSA) is 88.6 Å². The first-order chi connectivity index (χ1) is 18.4. The summed E-state index contributed by atoms with van der Waals surface area (Å²) in [5, 5.41) is 4.87. The third kappa shape index (κ3) is 4.91. The first-order valence-corrected chi connectivity index (χ1v) is 16.0. The third-order valence-electron chi connectivity index (χ3n) is 7.22. The lowest BCUT2D eigenvalue weighted by Gasteiger charge is -2.20. The molecule has 0 bridgehead atoms. The van der Waals surface area contributed by atoms with Gasteiger partial charge in [-0.05, 0) is 80.5 Å². The largest absolute Gasteiger partial charge is 0.377 e. The van der Waals surface area contributed by atoms with Gasteiger partial charge in [-0.1, -0.05) is 12.1 Å². The van der Waals surface area contributed by atoms with Crippen LogP contribution in [-0.2, 0) is 27.6 Å². The molecule has 2 aliphatic rings. The van der Waals surface area contributed by atoms with Gasteiger partial charge in [0.2, 0.25) is 10.0 Å². The normalized spacial score (nSPS) is 17.7. The SMILES string of the molecule is CN(CC1CCCO1)S(=O)(=O)c1ccc(C(=O)Nc2sc3c(c2-c2nc4ccccc4s2)CCCC3)cc1. The molecular weight excluding hydrogens is 539 g/mol. The van der Waals surface area contributed by atoms with Crippen LogP contribution in [0.2, 0.25) is 0 Å². The molecule has 3 heterocycles. The van der Waals surface area contributed by atoms with E-state index >= 15 is 0 Å². The van der Waals surface area contributed by atoms with Gasteiger partial charge in [0.25, 0.3) is 5.91 Å². The van der Waals surface area contributed by atoms with Gasteiger partial charge in [-0.25, -0.2) is 13.4 Å². The Morgan fingerprint density at radius 1 is 1.08 bits per heavy atom. The van der Waals surface area contributed by atoms with Gasteiger partial charge in [0.05, 0.1) is 21.2 Å². The Hall–Kier alpha value is -2.63. The Kier molecular flexibility index (Phi) is 7.09. The van der Waals surface area contributed by atoms with Crippen molar-refractivity contribution in [3.8, 4) is 10.6 Å². The molecule has 6 rings (SSSR count). The zero-order chi connectivity index (χ0) is 26.3. The highest BCUT2D eigenvalue weighted by atomic mass is 32.2. The number of nitrogens with one attached hydrogen (secondary N) is 1. The number of aryl methyl sites for hydroxylation is 1. The second-order valence-corrected chi connectivity index (χ2v) is 14.0. The average Bonchev–Trinajstić information content (AvgIpc) is 3.66. The number of rotatable bonds is 7. The monoisotopic (exact) mass is 567 g/mol. The predicted octanol–water partition coefficient (Wildman–Crippen LogP) is 5.96. The summed E-state index contributed by atoms with van der Waals surface area (Å²) >= 11 is 3.28. The molecule has 4 aromatic rings. The van der Waals surface area contributed by atoms with Crippen LogP contribution in [0.5, 0.6) is 0 Å². The average molecular weight is 568 g/mol. The van der Waals surface area contributed by atoms with Gasteiger partial charge >= 0.3 is 0 Å². The summed E-state index contributed by atoms with van der Waals surface area (Å²) in [5.74, 6) is -0.261. The van der Waals surface area contributed by atoms with Crippen molar-refractivity contribution in [2.75, 3.05) is 25.5 Å². The molecule has 198 valence electrons. The van der Waals surface area contributed by atoms with Crippen molar-refractivity contribution >= 4 is 53.8 Å². The van der Waals surface area contributed by atoms with Gasteiger partial charge < -0.3 is 10.1 Å². The Balaban J connectivity index is 1.25. The van der Waals surface area contributed by atoms with E-state index in [1.807, 2.05) is 18.2 Å². The second-order valence-electron chi connectivity index (χ2n) is 9.80. The number of thiophene rings is 1. The minimum Gasteiger partial charge on any atom is -0.377 e. The second kappa shape index (κ2) is 10.5. The zero-order valence-electron chi connectivity index (χ0n) is 21.1. The molecular formula is C28H29N3O4S3. The summed E-state index contributed by atoms with van der Waals surface area (Å²) in [6, 6.07) is 14.2. The summed E-state index contributed by atoms with van der Waals surface area (Å²) in [5.41, 5.74) is 3.70. The van der Waals surface area contributed by atoms with E-state index in [1.165, 1.54) is 26.9 Å². The van der Waals surface area contributed by atoms with E-state index in [0.717, 1.165) is 64.3 Å². The van der Waals surface area contributed by atoms with Gasteiger partial charge in [-0.15, -0.1) is 22.7 Å². The number of carbonyl (C=O) groups excluding carboxylic acids is 1. The molecule has 2 aromatic heterocycles. The van der Waals surface area contributed by atoms with Crippen molar-refractivity contribution in [1.82, 2.24) is 9.29 Å². The molecule has 1 saturated heterocycles. The van der Waals surface area contributed by atoms with Crippen LogP contribution in [0, 0.1) is 0 Å². The van der Waals surface area contributed by atoms with Crippen molar-refractivity contribution in [2.24, 2.45) is 0 Å². The molecule has 1 amide bonds. The van der Waals surface area contributed by atoms with E-state index in [2.05, 4.69) is 11.4 Å². The van der Waals surface area contributed by atoms with Gasteiger partial charge in [-0.2, -0.15) is 4.31 Å². The first-order valence-electron chi connectivity index (χ1n) is 12.9. The molecule has 0 spiro atoms. The number of fused-ring (bicyclic) bond motifs is 2. The standard InChI is InChI=1S/C28H29N3O4S3/c1-31(17-19-7-6-16-35-19)38(33,34)20-14-12-18(13-15-20)26(32)30-28-25(21-8-2-4-10-23(21)36-28)27-29-22-9-3-5-11-24(22)37-27/h3,5,9,11-15,19H,2,4,6-8,10,16-17H2,1H3,(H,30,32). The third-order valence-corrected chi connectivity index (χ3v) is 11.3. The molecule has 10 heteroatoms. The Bertz CT molecular complexity index is 1550. The van der Waals surface area contributed by atoms with Crippen LogP contribution in [0.4, 0.5) is 5.00 Å². The van der Waals surface area contributed by atoms with Gasteiger partial charge in [-0.3, -0.25) is 4.79 Å². The van der Waals surface area contributed by atoms with E-state index in [9.17, 15) is 13.2 Å². The van der Waals surface area contributed by atoms with Crippen molar-refractivity contribution in [2.45, 2.75) is 49.5 Å². The molecule has 1 aliphatic heterocycles. The van der Waals surface area contributed by atoms with Crippen molar-refractivity contribution in [1.29, 1.82) is 0 Å². The van der Waals surface area contributed by atoms with Crippen molar-refractivity contribution in [3.63, 3.8) is 0 Å². The van der Waals surface area contributed by atoms with E-state index in [4.69, 9.17) is 9.72 Å². The molecule has 1 N–H and O–H groups in total. The minimum absolute atomic E-state index is 0.0685. The van der Waals surface area contributed by atoms with Crippen LogP contribution < -0.4 is 5.32 Å².